The summed E-state index contributed by atoms with van der Waals surface area (Å²) in [7, 11) is 4.03. The van der Waals surface area contributed by atoms with Gasteiger partial charge in [-0.25, -0.2) is 0 Å². The van der Waals surface area contributed by atoms with Gasteiger partial charge >= 0.3 is 0 Å². The lowest BCUT2D eigenvalue weighted by Crippen LogP contribution is -2.08. The van der Waals surface area contributed by atoms with Crippen LogP contribution in [0.15, 0.2) is 42.5 Å². The third-order valence-electron chi connectivity index (χ3n) is 3.28. The van der Waals surface area contributed by atoms with Crippen LogP contribution in [-0.4, -0.2) is 23.6 Å². The Balaban J connectivity index is 2.24. The number of halogens is 1. The smallest absolute Gasteiger partial charge is 0.182 e. The Labute approximate surface area is 127 Å². The van der Waals surface area contributed by atoms with Gasteiger partial charge in [-0.1, -0.05) is 17.7 Å². The van der Waals surface area contributed by atoms with E-state index >= 15 is 0 Å². The molecule has 1 aromatic heterocycles. The van der Waals surface area contributed by atoms with Gasteiger partial charge in [-0.3, -0.25) is 4.57 Å². The van der Waals surface area contributed by atoms with Gasteiger partial charge in [-0.15, -0.1) is 0 Å². The van der Waals surface area contributed by atoms with Crippen molar-refractivity contribution in [1.29, 1.82) is 0 Å². The molecule has 0 amide bonds. The van der Waals surface area contributed by atoms with Crippen LogP contribution < -0.4 is 4.90 Å². The number of hydrogen-bond donors (Lipinski definition) is 1. The third-order valence-corrected chi connectivity index (χ3v) is 3.87. The number of nitrogens with one attached hydrogen (secondary N) is 1. The number of aromatic amines is 1. The molecule has 0 aliphatic carbocycles. The van der Waals surface area contributed by atoms with Crippen LogP contribution in [-0.2, 0) is 0 Å². The van der Waals surface area contributed by atoms with Crippen molar-refractivity contribution in [2.75, 3.05) is 19.0 Å². The van der Waals surface area contributed by atoms with E-state index in [1.807, 2.05) is 49.0 Å². The molecular formula is C15H14ClN3S. The van der Waals surface area contributed by atoms with E-state index in [1.54, 1.807) is 0 Å². The Morgan fingerprint density at radius 3 is 2.45 bits per heavy atom. The molecule has 0 fully saturated rings. The molecule has 0 saturated heterocycles. The van der Waals surface area contributed by atoms with E-state index in [0.717, 1.165) is 22.4 Å². The van der Waals surface area contributed by atoms with Crippen LogP contribution in [0.25, 0.3) is 16.7 Å². The third kappa shape index (κ3) is 2.11. The highest BCUT2D eigenvalue weighted by atomic mass is 35.5. The Morgan fingerprint density at radius 2 is 1.80 bits per heavy atom. The van der Waals surface area contributed by atoms with Crippen LogP contribution in [0.5, 0.6) is 0 Å². The van der Waals surface area contributed by atoms with Crippen LogP contribution >= 0.6 is 23.8 Å². The number of fused-ring (bicyclic) bond motifs is 1. The summed E-state index contributed by atoms with van der Waals surface area (Å²) in [4.78, 5) is 5.25. The summed E-state index contributed by atoms with van der Waals surface area (Å²) in [5.74, 6) is 0. The molecule has 2 aromatic carbocycles. The zero-order chi connectivity index (χ0) is 14.3. The van der Waals surface area contributed by atoms with E-state index in [1.165, 1.54) is 0 Å². The quantitative estimate of drug-likeness (QED) is 0.709. The van der Waals surface area contributed by atoms with Crippen LogP contribution in [0.2, 0.25) is 5.02 Å². The summed E-state index contributed by atoms with van der Waals surface area (Å²) in [6.07, 6.45) is 0. The first-order chi connectivity index (χ1) is 9.58. The van der Waals surface area contributed by atoms with Gasteiger partial charge in [-0.05, 0) is 48.6 Å². The van der Waals surface area contributed by atoms with Crippen molar-refractivity contribution in [2.45, 2.75) is 0 Å². The van der Waals surface area contributed by atoms with Gasteiger partial charge < -0.3 is 9.88 Å². The number of anilines is 1. The Kier molecular flexibility index (Phi) is 3.28. The van der Waals surface area contributed by atoms with E-state index < -0.39 is 0 Å². The van der Waals surface area contributed by atoms with Gasteiger partial charge in [0.1, 0.15) is 0 Å². The van der Waals surface area contributed by atoms with Gasteiger partial charge in [0, 0.05) is 25.5 Å². The standard InChI is InChI=1S/C15H14ClN3S/c1-18(2)10-6-8-11(9-7-10)19-14-12(16)4-3-5-13(14)17-15(19)20/h3-9H,1-2H3,(H,17,20). The minimum Gasteiger partial charge on any atom is -0.378 e. The number of rotatable bonds is 2. The highest BCUT2D eigenvalue weighted by Crippen LogP contribution is 2.27. The van der Waals surface area contributed by atoms with E-state index in [2.05, 4.69) is 22.0 Å². The first kappa shape index (κ1) is 13.2. The van der Waals surface area contributed by atoms with Crippen molar-refractivity contribution < 1.29 is 0 Å². The maximum atomic E-state index is 6.31. The predicted octanol–water partition coefficient (Wildman–Crippen LogP) is 4.41. The molecule has 0 unspecified atom stereocenters. The number of H-pyrrole nitrogens is 1. The van der Waals surface area contributed by atoms with Crippen molar-refractivity contribution in [3.63, 3.8) is 0 Å². The molecule has 3 rings (SSSR count). The maximum absolute atomic E-state index is 6.31. The lowest BCUT2D eigenvalue weighted by molar-refractivity contribution is 1.06. The lowest BCUT2D eigenvalue weighted by atomic mass is 10.2. The molecule has 3 aromatic rings. The molecule has 3 nitrogen and oxygen atoms in total. The minimum atomic E-state index is 0.644. The van der Waals surface area contributed by atoms with Gasteiger partial charge in [0.25, 0.3) is 0 Å². The van der Waals surface area contributed by atoms with Crippen LogP contribution in [0.3, 0.4) is 0 Å². The Morgan fingerprint density at radius 1 is 1.10 bits per heavy atom. The maximum Gasteiger partial charge on any atom is 0.182 e. The largest absolute Gasteiger partial charge is 0.378 e. The van der Waals surface area contributed by atoms with Crippen LogP contribution in [0, 0.1) is 4.77 Å². The molecule has 1 N–H and O–H groups in total. The predicted molar refractivity (Wildman–Crippen MR) is 87.8 cm³/mol. The normalized spacial score (nSPS) is 10.9. The summed E-state index contributed by atoms with van der Waals surface area (Å²) in [6, 6.07) is 14.0. The number of imidazole rings is 1. The van der Waals surface area contributed by atoms with E-state index in [9.17, 15) is 0 Å². The minimum absolute atomic E-state index is 0.644. The fraction of sp³-hybridized carbons (Fsp3) is 0.133. The fourth-order valence-electron chi connectivity index (χ4n) is 2.26. The molecule has 102 valence electrons. The highest BCUT2D eigenvalue weighted by Gasteiger charge is 2.09. The molecule has 0 aliphatic rings. The molecule has 20 heavy (non-hydrogen) atoms. The van der Waals surface area contributed by atoms with Crippen molar-refractivity contribution >= 4 is 40.5 Å². The van der Waals surface area contributed by atoms with Gasteiger partial charge in [-0.2, -0.15) is 0 Å². The molecule has 0 radical (unpaired) electrons. The van der Waals surface area contributed by atoms with Gasteiger partial charge in [0.05, 0.1) is 16.1 Å². The first-order valence-corrected chi connectivity index (χ1v) is 7.03. The molecule has 0 aliphatic heterocycles. The molecule has 0 saturated carbocycles. The zero-order valence-corrected chi connectivity index (χ0v) is 12.8. The first-order valence-electron chi connectivity index (χ1n) is 6.25. The van der Waals surface area contributed by atoms with Gasteiger partial charge in [0.15, 0.2) is 4.77 Å². The van der Waals surface area contributed by atoms with E-state index in [-0.39, 0.29) is 0 Å². The van der Waals surface area contributed by atoms with Crippen molar-refractivity contribution in [3.8, 4) is 5.69 Å². The van der Waals surface area contributed by atoms with Crippen molar-refractivity contribution in [2.24, 2.45) is 0 Å². The molecule has 5 heteroatoms. The van der Waals surface area contributed by atoms with E-state index in [0.29, 0.717) is 9.79 Å². The van der Waals surface area contributed by atoms with Crippen LogP contribution in [0.4, 0.5) is 5.69 Å². The number of hydrogen-bond acceptors (Lipinski definition) is 2. The Hall–Kier alpha value is -1.78. The summed E-state index contributed by atoms with van der Waals surface area (Å²) in [5, 5.41) is 0.687. The van der Waals surface area contributed by atoms with Crippen molar-refractivity contribution in [1.82, 2.24) is 9.55 Å². The topological polar surface area (TPSA) is 24.0 Å². The molecular weight excluding hydrogens is 290 g/mol. The molecule has 0 spiro atoms. The zero-order valence-electron chi connectivity index (χ0n) is 11.2. The summed E-state index contributed by atoms with van der Waals surface area (Å²) in [6.45, 7) is 0. The number of para-hydroxylation sites is 1. The monoisotopic (exact) mass is 303 g/mol. The second-order valence-corrected chi connectivity index (χ2v) is 5.61. The fourth-order valence-corrected chi connectivity index (χ4v) is 2.83. The second kappa shape index (κ2) is 4.96. The summed E-state index contributed by atoms with van der Waals surface area (Å²) < 4.78 is 2.61. The highest BCUT2D eigenvalue weighted by molar-refractivity contribution is 7.71. The lowest BCUT2D eigenvalue weighted by Gasteiger charge is -2.13. The van der Waals surface area contributed by atoms with E-state index in [4.69, 9.17) is 23.8 Å². The average molecular weight is 304 g/mol. The van der Waals surface area contributed by atoms with Crippen molar-refractivity contribution in [3.05, 3.63) is 52.3 Å². The molecule has 0 bridgehead atoms. The Bertz CT molecular complexity index is 815. The van der Waals surface area contributed by atoms with Gasteiger partial charge in [0.2, 0.25) is 0 Å². The molecule has 1 heterocycles. The number of nitrogens with zero attached hydrogens (tertiary/aromatic N) is 2. The van der Waals surface area contributed by atoms with Crippen LogP contribution in [0.1, 0.15) is 0 Å². The SMILES string of the molecule is CN(C)c1ccc(-n2c(=S)[nH]c3cccc(Cl)c32)cc1. The average Bonchev–Trinajstić information content (AvgIpc) is 2.76. The number of benzene rings is 2. The summed E-state index contributed by atoms with van der Waals surface area (Å²) >= 11 is 11.7. The summed E-state index contributed by atoms with van der Waals surface area (Å²) in [5.41, 5.74) is 4.00. The molecule has 0 atom stereocenters. The second-order valence-electron chi connectivity index (χ2n) is 4.81. The number of aromatic nitrogens is 2.